The van der Waals surface area contributed by atoms with Crippen LogP contribution in [-0.2, 0) is 11.3 Å². The third-order valence-electron chi connectivity index (χ3n) is 3.97. The van der Waals surface area contributed by atoms with Gasteiger partial charge in [0.15, 0.2) is 0 Å². The summed E-state index contributed by atoms with van der Waals surface area (Å²) in [5, 5.41) is 3.59. The summed E-state index contributed by atoms with van der Waals surface area (Å²) in [6, 6.07) is 7.69. The summed E-state index contributed by atoms with van der Waals surface area (Å²) >= 11 is 9.72. The van der Waals surface area contributed by atoms with Crippen molar-refractivity contribution in [1.82, 2.24) is 4.98 Å². The number of anilines is 2. The Bertz CT molecular complexity index is 781. The molecule has 132 valence electrons. The Kier molecular flexibility index (Phi) is 5.78. The maximum absolute atomic E-state index is 11.2. The normalized spacial score (nSPS) is 14.4. The number of ether oxygens (including phenoxy) is 1. The summed E-state index contributed by atoms with van der Waals surface area (Å²) in [5.41, 5.74) is 7.80. The van der Waals surface area contributed by atoms with Crippen LogP contribution >= 0.6 is 27.5 Å². The van der Waals surface area contributed by atoms with Crippen molar-refractivity contribution >= 4 is 44.9 Å². The van der Waals surface area contributed by atoms with Gasteiger partial charge in [-0.05, 0) is 23.8 Å². The van der Waals surface area contributed by atoms with Crippen LogP contribution in [0.15, 0.2) is 34.9 Å². The molecule has 2 aromatic rings. The minimum Gasteiger partial charge on any atom is -0.378 e. The van der Waals surface area contributed by atoms with E-state index in [-0.39, 0.29) is 5.56 Å². The number of hydrogen-bond donors (Lipinski definition) is 2. The Hall–Kier alpha value is -1.83. The van der Waals surface area contributed by atoms with Gasteiger partial charge in [-0.1, -0.05) is 33.6 Å². The van der Waals surface area contributed by atoms with Crippen LogP contribution in [0, 0.1) is 0 Å². The largest absolute Gasteiger partial charge is 0.378 e. The molecular formula is C17H18BrClN4O2. The number of morpholine rings is 1. The number of amides is 1. The fourth-order valence-corrected chi connectivity index (χ4v) is 3.25. The van der Waals surface area contributed by atoms with E-state index in [2.05, 4.69) is 43.3 Å². The van der Waals surface area contributed by atoms with Crippen LogP contribution in [0.3, 0.4) is 0 Å². The average molecular weight is 426 g/mol. The molecule has 6 nitrogen and oxygen atoms in total. The first-order valence-electron chi connectivity index (χ1n) is 7.85. The number of halogens is 2. The van der Waals surface area contributed by atoms with Crippen LogP contribution in [0.4, 0.5) is 11.5 Å². The lowest BCUT2D eigenvalue weighted by Crippen LogP contribution is -2.36. The summed E-state index contributed by atoms with van der Waals surface area (Å²) in [4.78, 5) is 17.7. The van der Waals surface area contributed by atoms with Crippen LogP contribution in [0.2, 0.25) is 5.02 Å². The number of carbonyl (C=O) groups is 1. The quantitative estimate of drug-likeness (QED) is 0.769. The molecule has 0 saturated carbocycles. The molecule has 0 radical (unpaired) electrons. The van der Waals surface area contributed by atoms with Crippen molar-refractivity contribution in [2.24, 2.45) is 5.73 Å². The molecule has 1 aliphatic heterocycles. The fraction of sp³-hybridized carbons (Fsp3) is 0.294. The first-order chi connectivity index (χ1) is 12.0. The highest BCUT2D eigenvalue weighted by atomic mass is 79.9. The van der Waals surface area contributed by atoms with E-state index < -0.39 is 5.91 Å². The molecule has 0 bridgehead atoms. The molecule has 8 heteroatoms. The lowest BCUT2D eigenvalue weighted by molar-refractivity contribution is 0.1000. The topological polar surface area (TPSA) is 80.5 Å². The summed E-state index contributed by atoms with van der Waals surface area (Å²) in [6.45, 7) is 3.72. The third-order valence-corrected chi connectivity index (χ3v) is 4.75. The summed E-state index contributed by atoms with van der Waals surface area (Å²) in [5.74, 6) is -0.0361. The van der Waals surface area contributed by atoms with Gasteiger partial charge < -0.3 is 20.7 Å². The summed E-state index contributed by atoms with van der Waals surface area (Å²) in [7, 11) is 0. The van der Waals surface area contributed by atoms with Gasteiger partial charge >= 0.3 is 0 Å². The predicted molar refractivity (Wildman–Crippen MR) is 102 cm³/mol. The van der Waals surface area contributed by atoms with Gasteiger partial charge in [0.25, 0.3) is 0 Å². The monoisotopic (exact) mass is 424 g/mol. The highest BCUT2D eigenvalue weighted by Crippen LogP contribution is 2.28. The zero-order valence-electron chi connectivity index (χ0n) is 13.5. The molecule has 3 N–H and O–H groups in total. The Labute approximate surface area is 159 Å². The van der Waals surface area contributed by atoms with E-state index in [0.717, 1.165) is 42.0 Å². The van der Waals surface area contributed by atoms with Crippen LogP contribution in [0.5, 0.6) is 0 Å². The van der Waals surface area contributed by atoms with Gasteiger partial charge in [-0.3, -0.25) is 4.79 Å². The molecule has 1 amide bonds. The molecule has 3 rings (SSSR count). The van der Waals surface area contributed by atoms with Gasteiger partial charge in [0, 0.05) is 36.0 Å². The molecule has 1 fully saturated rings. The molecule has 1 aromatic carbocycles. The van der Waals surface area contributed by atoms with Crippen molar-refractivity contribution in [2.45, 2.75) is 6.54 Å². The van der Waals surface area contributed by atoms with Crippen LogP contribution < -0.4 is 16.0 Å². The van der Waals surface area contributed by atoms with Crippen LogP contribution in [-0.4, -0.2) is 37.2 Å². The Morgan fingerprint density at radius 3 is 2.80 bits per heavy atom. The van der Waals surface area contributed by atoms with Crippen molar-refractivity contribution in [2.75, 3.05) is 36.5 Å². The van der Waals surface area contributed by atoms with Crippen molar-refractivity contribution < 1.29 is 9.53 Å². The Morgan fingerprint density at radius 1 is 1.36 bits per heavy atom. The summed E-state index contributed by atoms with van der Waals surface area (Å²) < 4.78 is 6.46. The molecule has 1 saturated heterocycles. The molecule has 0 aliphatic carbocycles. The number of nitrogens with two attached hydrogens (primary N) is 1. The van der Waals surface area contributed by atoms with E-state index in [9.17, 15) is 4.79 Å². The van der Waals surface area contributed by atoms with Gasteiger partial charge in [0.05, 0.1) is 23.8 Å². The molecule has 0 unspecified atom stereocenters. The predicted octanol–water partition coefficient (Wildman–Crippen LogP) is 3.05. The van der Waals surface area contributed by atoms with Gasteiger partial charge in [0.2, 0.25) is 5.91 Å². The highest BCUT2D eigenvalue weighted by molar-refractivity contribution is 9.10. The molecule has 1 aromatic heterocycles. The minimum absolute atomic E-state index is 0.285. The first-order valence-corrected chi connectivity index (χ1v) is 9.02. The maximum atomic E-state index is 11.2. The highest BCUT2D eigenvalue weighted by Gasteiger charge is 2.16. The van der Waals surface area contributed by atoms with Gasteiger partial charge in [-0.25, -0.2) is 4.98 Å². The number of carbonyl (C=O) groups excluding carboxylic acids is 1. The van der Waals surface area contributed by atoms with E-state index in [1.165, 1.54) is 12.3 Å². The number of hydrogen-bond acceptors (Lipinski definition) is 5. The van der Waals surface area contributed by atoms with E-state index >= 15 is 0 Å². The van der Waals surface area contributed by atoms with Crippen molar-refractivity contribution in [3.05, 3.63) is 51.1 Å². The third kappa shape index (κ3) is 4.42. The Balaban J connectivity index is 1.78. The number of nitrogens with one attached hydrogen (secondary N) is 1. The maximum Gasteiger partial charge on any atom is 0.250 e. The number of primary amides is 1. The summed E-state index contributed by atoms with van der Waals surface area (Å²) in [6.07, 6.45) is 1.42. The second-order valence-corrected chi connectivity index (χ2v) is 6.97. The van der Waals surface area contributed by atoms with E-state index in [4.69, 9.17) is 22.1 Å². The zero-order valence-corrected chi connectivity index (χ0v) is 15.8. The number of nitrogens with zero attached hydrogens (tertiary/aromatic N) is 2. The standard InChI is InChI=1S/C17H18BrClN4O2/c18-13-2-1-11(15(8-13)23-3-5-25-6-4-23)9-21-17-14(19)7-12(10-22-17)16(20)24/h1-2,7-8,10H,3-6,9H2,(H2,20,24)(H,21,22). The average Bonchev–Trinajstić information content (AvgIpc) is 2.62. The smallest absolute Gasteiger partial charge is 0.250 e. The zero-order chi connectivity index (χ0) is 17.8. The number of pyridine rings is 1. The second-order valence-electron chi connectivity index (χ2n) is 5.64. The van der Waals surface area contributed by atoms with E-state index in [1.807, 2.05) is 6.07 Å². The first kappa shape index (κ1) is 18.0. The lowest BCUT2D eigenvalue weighted by atomic mass is 10.1. The van der Waals surface area contributed by atoms with Crippen molar-refractivity contribution in [1.29, 1.82) is 0 Å². The molecule has 0 atom stereocenters. The second kappa shape index (κ2) is 8.03. The molecule has 2 heterocycles. The van der Waals surface area contributed by atoms with E-state index in [0.29, 0.717) is 17.4 Å². The minimum atomic E-state index is -0.552. The van der Waals surface area contributed by atoms with Crippen LogP contribution in [0.1, 0.15) is 15.9 Å². The van der Waals surface area contributed by atoms with Crippen LogP contribution in [0.25, 0.3) is 0 Å². The molecule has 0 spiro atoms. The lowest BCUT2D eigenvalue weighted by Gasteiger charge is -2.31. The van der Waals surface area contributed by atoms with Crippen molar-refractivity contribution in [3.63, 3.8) is 0 Å². The molecule has 25 heavy (non-hydrogen) atoms. The number of aromatic nitrogens is 1. The van der Waals surface area contributed by atoms with E-state index in [1.54, 1.807) is 0 Å². The fourth-order valence-electron chi connectivity index (χ4n) is 2.67. The van der Waals surface area contributed by atoms with Crippen molar-refractivity contribution in [3.8, 4) is 0 Å². The Morgan fingerprint density at radius 2 is 2.12 bits per heavy atom. The van der Waals surface area contributed by atoms with Gasteiger partial charge in [-0.15, -0.1) is 0 Å². The SMILES string of the molecule is NC(=O)c1cnc(NCc2ccc(Br)cc2N2CCOCC2)c(Cl)c1. The van der Waals surface area contributed by atoms with Gasteiger partial charge in [0.1, 0.15) is 5.82 Å². The number of benzene rings is 1. The number of rotatable bonds is 5. The molecule has 1 aliphatic rings. The molecular weight excluding hydrogens is 408 g/mol. The van der Waals surface area contributed by atoms with Gasteiger partial charge in [-0.2, -0.15) is 0 Å².